The third-order valence-electron chi connectivity index (χ3n) is 3.71. The van der Waals surface area contributed by atoms with Crippen molar-refractivity contribution < 1.29 is 4.92 Å². The zero-order valence-corrected chi connectivity index (χ0v) is 11.2. The number of rotatable bonds is 5. The lowest BCUT2D eigenvalue weighted by molar-refractivity contribution is -0.385. The minimum atomic E-state index is -0.315. The molecule has 98 valence electrons. The standard InChI is InChI=1S/C14H20N2O2/c1-4-12(11-5-6-11)15-13-7-10(3)14(16(17)18)8-9(13)2/h7-8,11-12,15H,4-6H2,1-3H3. The van der Waals surface area contributed by atoms with Gasteiger partial charge in [-0.3, -0.25) is 10.1 Å². The second kappa shape index (κ2) is 4.96. The van der Waals surface area contributed by atoms with Gasteiger partial charge in [0.2, 0.25) is 0 Å². The Hall–Kier alpha value is -1.58. The first-order valence-electron chi connectivity index (χ1n) is 6.55. The molecule has 1 aliphatic carbocycles. The van der Waals surface area contributed by atoms with Crippen molar-refractivity contribution in [1.82, 2.24) is 0 Å². The summed E-state index contributed by atoms with van der Waals surface area (Å²) in [7, 11) is 0. The fraction of sp³-hybridized carbons (Fsp3) is 0.571. The van der Waals surface area contributed by atoms with Crippen LogP contribution >= 0.6 is 0 Å². The highest BCUT2D eigenvalue weighted by molar-refractivity contribution is 5.59. The van der Waals surface area contributed by atoms with Crippen LogP contribution in [0.3, 0.4) is 0 Å². The van der Waals surface area contributed by atoms with Crippen LogP contribution in [0.5, 0.6) is 0 Å². The molecule has 0 saturated heterocycles. The van der Waals surface area contributed by atoms with Gasteiger partial charge in [-0.25, -0.2) is 0 Å². The van der Waals surface area contributed by atoms with Crippen LogP contribution in [0.4, 0.5) is 11.4 Å². The van der Waals surface area contributed by atoms with Crippen LogP contribution in [0.1, 0.15) is 37.3 Å². The van der Waals surface area contributed by atoms with Crippen LogP contribution in [0.25, 0.3) is 0 Å². The fourth-order valence-electron chi connectivity index (χ4n) is 2.40. The summed E-state index contributed by atoms with van der Waals surface area (Å²) in [4.78, 5) is 10.6. The van der Waals surface area contributed by atoms with Crippen molar-refractivity contribution >= 4 is 11.4 Å². The molecule has 1 aliphatic rings. The third-order valence-corrected chi connectivity index (χ3v) is 3.71. The van der Waals surface area contributed by atoms with Crippen molar-refractivity contribution in [2.24, 2.45) is 5.92 Å². The van der Waals surface area contributed by atoms with E-state index in [2.05, 4.69) is 12.2 Å². The Morgan fingerprint density at radius 3 is 2.56 bits per heavy atom. The van der Waals surface area contributed by atoms with Crippen LogP contribution in [0.15, 0.2) is 12.1 Å². The summed E-state index contributed by atoms with van der Waals surface area (Å²) in [5.74, 6) is 0.782. The van der Waals surface area contributed by atoms with E-state index in [0.717, 1.165) is 29.2 Å². The quantitative estimate of drug-likeness (QED) is 0.636. The predicted octanol–water partition coefficient (Wildman–Crippen LogP) is 3.81. The minimum absolute atomic E-state index is 0.206. The fourth-order valence-corrected chi connectivity index (χ4v) is 2.40. The van der Waals surface area contributed by atoms with E-state index in [1.54, 1.807) is 13.0 Å². The number of anilines is 1. The molecule has 1 unspecified atom stereocenters. The van der Waals surface area contributed by atoms with Gasteiger partial charge in [-0.2, -0.15) is 0 Å². The molecule has 0 radical (unpaired) electrons. The SMILES string of the molecule is CCC(Nc1cc(C)c([N+](=O)[O-])cc1C)C1CC1. The lowest BCUT2D eigenvalue weighted by atomic mass is 10.1. The molecular weight excluding hydrogens is 228 g/mol. The lowest BCUT2D eigenvalue weighted by Crippen LogP contribution is -2.21. The lowest BCUT2D eigenvalue weighted by Gasteiger charge is -2.19. The Balaban J connectivity index is 2.22. The molecule has 0 spiro atoms. The molecule has 1 aromatic carbocycles. The van der Waals surface area contributed by atoms with E-state index in [1.807, 2.05) is 13.0 Å². The molecular formula is C14H20N2O2. The highest BCUT2D eigenvalue weighted by atomic mass is 16.6. The molecule has 1 saturated carbocycles. The van der Waals surface area contributed by atoms with Gasteiger partial charge in [-0.1, -0.05) is 6.92 Å². The summed E-state index contributed by atoms with van der Waals surface area (Å²) in [5.41, 5.74) is 2.92. The summed E-state index contributed by atoms with van der Waals surface area (Å²) in [6.45, 7) is 5.90. The first kappa shape index (κ1) is 12.9. The minimum Gasteiger partial charge on any atom is -0.382 e. The zero-order valence-electron chi connectivity index (χ0n) is 11.2. The van der Waals surface area contributed by atoms with Crippen molar-refractivity contribution in [2.45, 2.75) is 46.1 Å². The molecule has 0 aliphatic heterocycles. The van der Waals surface area contributed by atoms with Crippen molar-refractivity contribution in [3.05, 3.63) is 33.4 Å². The molecule has 1 fully saturated rings. The molecule has 2 rings (SSSR count). The number of nitrogens with zero attached hydrogens (tertiary/aromatic N) is 1. The van der Waals surface area contributed by atoms with Gasteiger partial charge in [0.15, 0.2) is 0 Å². The van der Waals surface area contributed by atoms with E-state index in [4.69, 9.17) is 0 Å². The second-order valence-electron chi connectivity index (χ2n) is 5.21. The molecule has 1 aromatic rings. The topological polar surface area (TPSA) is 55.2 Å². The van der Waals surface area contributed by atoms with Gasteiger partial charge in [0, 0.05) is 23.4 Å². The molecule has 1 atom stereocenters. The molecule has 4 heteroatoms. The normalized spacial score (nSPS) is 16.4. The van der Waals surface area contributed by atoms with Crippen LogP contribution in [0.2, 0.25) is 0 Å². The second-order valence-corrected chi connectivity index (χ2v) is 5.21. The molecule has 0 aromatic heterocycles. The van der Waals surface area contributed by atoms with Gasteiger partial charge in [0.05, 0.1) is 4.92 Å². The van der Waals surface area contributed by atoms with Crippen LogP contribution in [0, 0.1) is 29.9 Å². The number of nitrogens with one attached hydrogen (secondary N) is 1. The highest BCUT2D eigenvalue weighted by Gasteiger charge is 2.30. The maximum absolute atomic E-state index is 10.9. The summed E-state index contributed by atoms with van der Waals surface area (Å²) in [6.07, 6.45) is 3.70. The van der Waals surface area contributed by atoms with E-state index >= 15 is 0 Å². The molecule has 0 amide bonds. The van der Waals surface area contributed by atoms with Gasteiger partial charge in [0.25, 0.3) is 5.69 Å². The van der Waals surface area contributed by atoms with Gasteiger partial charge >= 0.3 is 0 Å². The van der Waals surface area contributed by atoms with Gasteiger partial charge in [0.1, 0.15) is 0 Å². The van der Waals surface area contributed by atoms with E-state index in [-0.39, 0.29) is 10.6 Å². The van der Waals surface area contributed by atoms with Crippen molar-refractivity contribution in [1.29, 1.82) is 0 Å². The first-order valence-corrected chi connectivity index (χ1v) is 6.55. The van der Waals surface area contributed by atoms with Crippen molar-refractivity contribution in [3.63, 3.8) is 0 Å². The molecule has 0 bridgehead atoms. The zero-order chi connectivity index (χ0) is 13.3. The number of hydrogen-bond donors (Lipinski definition) is 1. The molecule has 0 heterocycles. The molecule has 4 nitrogen and oxygen atoms in total. The van der Waals surface area contributed by atoms with Gasteiger partial charge < -0.3 is 5.32 Å². The van der Waals surface area contributed by atoms with Gasteiger partial charge in [-0.15, -0.1) is 0 Å². The maximum Gasteiger partial charge on any atom is 0.272 e. The smallest absolute Gasteiger partial charge is 0.272 e. The van der Waals surface area contributed by atoms with E-state index < -0.39 is 0 Å². The number of hydrogen-bond acceptors (Lipinski definition) is 3. The van der Waals surface area contributed by atoms with Gasteiger partial charge in [-0.05, 0) is 50.7 Å². The summed E-state index contributed by atoms with van der Waals surface area (Å²) < 4.78 is 0. The Morgan fingerprint density at radius 1 is 1.39 bits per heavy atom. The van der Waals surface area contributed by atoms with Crippen LogP contribution in [-0.2, 0) is 0 Å². The Kier molecular flexibility index (Phi) is 3.55. The summed E-state index contributed by atoms with van der Waals surface area (Å²) in [6, 6.07) is 4.07. The first-order chi connectivity index (χ1) is 8.52. The average molecular weight is 248 g/mol. The van der Waals surface area contributed by atoms with Crippen molar-refractivity contribution in [2.75, 3.05) is 5.32 Å². The highest BCUT2D eigenvalue weighted by Crippen LogP contribution is 2.36. The Morgan fingerprint density at radius 2 is 2.06 bits per heavy atom. The predicted molar refractivity (Wildman–Crippen MR) is 73.0 cm³/mol. The third kappa shape index (κ3) is 2.63. The number of benzene rings is 1. The van der Waals surface area contributed by atoms with Crippen molar-refractivity contribution in [3.8, 4) is 0 Å². The van der Waals surface area contributed by atoms with Crippen LogP contribution in [-0.4, -0.2) is 11.0 Å². The van der Waals surface area contributed by atoms with E-state index in [1.165, 1.54) is 12.8 Å². The molecule has 1 N–H and O–H groups in total. The molecule has 18 heavy (non-hydrogen) atoms. The Labute approximate surface area is 108 Å². The number of aryl methyl sites for hydroxylation is 2. The van der Waals surface area contributed by atoms with E-state index in [9.17, 15) is 10.1 Å². The average Bonchev–Trinajstić information content (AvgIpc) is 3.13. The van der Waals surface area contributed by atoms with E-state index in [0.29, 0.717) is 6.04 Å². The summed E-state index contributed by atoms with van der Waals surface area (Å²) in [5, 5.41) is 14.4. The number of nitro groups is 1. The maximum atomic E-state index is 10.9. The number of nitro benzene ring substituents is 1. The van der Waals surface area contributed by atoms with Crippen LogP contribution < -0.4 is 5.32 Å². The Bertz CT molecular complexity index is 467. The largest absolute Gasteiger partial charge is 0.382 e. The monoisotopic (exact) mass is 248 g/mol. The summed E-state index contributed by atoms with van der Waals surface area (Å²) >= 11 is 0.